The monoisotopic (exact) mass is 538 g/mol. The van der Waals surface area contributed by atoms with Gasteiger partial charge in [0.05, 0.1) is 29.3 Å². The maximum Gasteiger partial charge on any atom is 0.237 e. The second kappa shape index (κ2) is 9.60. The van der Waals surface area contributed by atoms with Crippen LogP contribution in [0, 0.1) is 12.7 Å². The Balaban J connectivity index is 1.54. The van der Waals surface area contributed by atoms with Crippen molar-refractivity contribution >= 4 is 43.8 Å². The average molecular weight is 539 g/mol. The summed E-state index contributed by atoms with van der Waals surface area (Å²) < 4.78 is 50.4. The second-order valence-electron chi connectivity index (χ2n) is 9.09. The molecule has 1 aliphatic heterocycles. The quantitative estimate of drug-likeness (QED) is 0.303. The number of nitrogens with zero attached hydrogens (tertiary/aromatic N) is 3. The van der Waals surface area contributed by atoms with Crippen LogP contribution in [0.2, 0.25) is 0 Å². The molecule has 1 aliphatic rings. The van der Waals surface area contributed by atoms with E-state index in [0.717, 1.165) is 11.3 Å². The fraction of sp³-hybridized carbons (Fsp3) is 0.269. The summed E-state index contributed by atoms with van der Waals surface area (Å²) in [5.74, 6) is 0.547. The molecule has 0 radical (unpaired) electrons. The molecule has 198 valence electrons. The molecule has 0 aliphatic carbocycles. The first-order chi connectivity index (χ1) is 18.1. The molecule has 4 aromatic rings. The van der Waals surface area contributed by atoms with Crippen LogP contribution in [0.4, 0.5) is 27.4 Å². The zero-order valence-corrected chi connectivity index (χ0v) is 22.1. The average Bonchev–Trinajstić information content (AvgIpc) is 2.90. The standard InChI is InChI=1S/C26H27FN6O4S/c1-13-17(11-30-25-24(13)29-7-8-37-25)16-10-20-18(23(28)22(16)27)12-31-26(33-20)32-19-6-5-15(9-21(19)36-3)14(2)38(4,34)35/h5-6,9-12,14,29H,7-8,28H2,1-4H3,(H,31,32,33)/t14-/m1/s1. The first kappa shape index (κ1) is 25.5. The molecule has 0 spiro atoms. The molecule has 12 heteroatoms. The topological polar surface area (TPSA) is 141 Å². The highest BCUT2D eigenvalue weighted by Crippen LogP contribution is 2.39. The van der Waals surface area contributed by atoms with Crippen molar-refractivity contribution in [2.24, 2.45) is 0 Å². The van der Waals surface area contributed by atoms with E-state index < -0.39 is 20.9 Å². The molecule has 2 aromatic carbocycles. The summed E-state index contributed by atoms with van der Waals surface area (Å²) in [5.41, 5.74) is 9.99. The van der Waals surface area contributed by atoms with Gasteiger partial charge in [-0.25, -0.2) is 27.8 Å². The summed E-state index contributed by atoms with van der Waals surface area (Å²) in [6.45, 7) is 4.62. The van der Waals surface area contributed by atoms with Gasteiger partial charge < -0.3 is 25.8 Å². The molecule has 10 nitrogen and oxygen atoms in total. The number of halogens is 1. The van der Waals surface area contributed by atoms with Crippen molar-refractivity contribution in [2.75, 3.05) is 42.9 Å². The lowest BCUT2D eigenvalue weighted by molar-refractivity contribution is 0.310. The molecule has 0 fully saturated rings. The Bertz CT molecular complexity index is 1680. The summed E-state index contributed by atoms with van der Waals surface area (Å²) in [6.07, 6.45) is 4.20. The van der Waals surface area contributed by atoms with Gasteiger partial charge in [-0.05, 0) is 43.2 Å². The first-order valence-corrected chi connectivity index (χ1v) is 13.8. The molecule has 0 saturated heterocycles. The normalized spacial score (nSPS) is 13.8. The van der Waals surface area contributed by atoms with E-state index in [4.69, 9.17) is 15.2 Å². The summed E-state index contributed by atoms with van der Waals surface area (Å²) >= 11 is 0. The van der Waals surface area contributed by atoms with Crippen LogP contribution in [0.25, 0.3) is 22.0 Å². The van der Waals surface area contributed by atoms with E-state index in [-0.39, 0.29) is 17.2 Å². The highest BCUT2D eigenvalue weighted by molar-refractivity contribution is 7.90. The number of sulfone groups is 1. The summed E-state index contributed by atoms with van der Waals surface area (Å²) in [6, 6.07) is 6.67. The lowest BCUT2D eigenvalue weighted by Gasteiger charge is -2.22. The molecule has 0 amide bonds. The third-order valence-electron chi connectivity index (χ3n) is 6.68. The van der Waals surface area contributed by atoms with Crippen LogP contribution in [0.15, 0.2) is 36.7 Å². The predicted octanol–water partition coefficient (Wildman–Crippen LogP) is 4.38. The smallest absolute Gasteiger partial charge is 0.237 e. The van der Waals surface area contributed by atoms with Crippen molar-refractivity contribution in [1.82, 2.24) is 15.0 Å². The largest absolute Gasteiger partial charge is 0.495 e. The van der Waals surface area contributed by atoms with Gasteiger partial charge in [0.2, 0.25) is 11.8 Å². The SMILES string of the molecule is COc1cc([C@@H](C)S(C)(=O)=O)ccc1Nc1ncc2c(N)c(F)c(-c3cnc4c(c3C)NCCO4)cc2n1. The highest BCUT2D eigenvalue weighted by atomic mass is 32.2. The van der Waals surface area contributed by atoms with Crippen LogP contribution in [0.1, 0.15) is 23.3 Å². The van der Waals surface area contributed by atoms with E-state index in [0.29, 0.717) is 52.5 Å². The summed E-state index contributed by atoms with van der Waals surface area (Å²) in [7, 11) is -1.79. The molecule has 0 bridgehead atoms. The Morgan fingerprint density at radius 2 is 2.00 bits per heavy atom. The molecule has 4 N–H and O–H groups in total. The van der Waals surface area contributed by atoms with E-state index in [1.807, 2.05) is 6.92 Å². The fourth-order valence-corrected chi connectivity index (χ4v) is 5.00. The van der Waals surface area contributed by atoms with E-state index in [2.05, 4.69) is 25.6 Å². The van der Waals surface area contributed by atoms with E-state index in [9.17, 15) is 8.42 Å². The number of anilines is 4. The number of benzene rings is 2. The number of aromatic nitrogens is 3. The van der Waals surface area contributed by atoms with Crippen LogP contribution in [-0.4, -0.2) is 49.9 Å². The maximum atomic E-state index is 15.4. The Morgan fingerprint density at radius 1 is 1.21 bits per heavy atom. The maximum absolute atomic E-state index is 15.4. The van der Waals surface area contributed by atoms with E-state index >= 15 is 4.39 Å². The van der Waals surface area contributed by atoms with Gasteiger partial charge in [0.15, 0.2) is 15.7 Å². The Kier molecular flexibility index (Phi) is 6.43. The molecule has 38 heavy (non-hydrogen) atoms. The molecule has 3 heterocycles. The van der Waals surface area contributed by atoms with Crippen molar-refractivity contribution in [3.63, 3.8) is 0 Å². The van der Waals surface area contributed by atoms with Gasteiger partial charge >= 0.3 is 0 Å². The summed E-state index contributed by atoms with van der Waals surface area (Å²) in [4.78, 5) is 13.2. The van der Waals surface area contributed by atoms with Crippen LogP contribution in [0.3, 0.4) is 0 Å². The van der Waals surface area contributed by atoms with Gasteiger partial charge in [-0.3, -0.25) is 0 Å². The van der Waals surface area contributed by atoms with Crippen LogP contribution >= 0.6 is 0 Å². The predicted molar refractivity (Wildman–Crippen MR) is 145 cm³/mol. The third kappa shape index (κ3) is 4.51. The molecule has 0 saturated carbocycles. The van der Waals surface area contributed by atoms with Crippen molar-refractivity contribution in [3.05, 3.63) is 53.6 Å². The number of nitrogen functional groups attached to an aromatic ring is 1. The number of ether oxygens (including phenoxy) is 2. The molecule has 0 unspecified atom stereocenters. The van der Waals surface area contributed by atoms with Gasteiger partial charge in [-0.2, -0.15) is 0 Å². The number of hydrogen-bond donors (Lipinski definition) is 3. The molecular weight excluding hydrogens is 511 g/mol. The number of hydrogen-bond acceptors (Lipinski definition) is 10. The first-order valence-electron chi connectivity index (χ1n) is 11.8. The number of methoxy groups -OCH3 is 1. The Morgan fingerprint density at radius 3 is 2.74 bits per heavy atom. The van der Waals surface area contributed by atoms with Gasteiger partial charge in [0.25, 0.3) is 0 Å². The number of nitrogens with two attached hydrogens (primary N) is 1. The molecular formula is C26H27FN6O4S. The molecule has 5 rings (SSSR count). The molecule has 2 aromatic heterocycles. The Hall–Kier alpha value is -4.19. The van der Waals surface area contributed by atoms with Crippen molar-refractivity contribution in [3.8, 4) is 22.8 Å². The van der Waals surface area contributed by atoms with Gasteiger partial charge in [-0.1, -0.05) is 6.07 Å². The van der Waals surface area contributed by atoms with Gasteiger partial charge in [0, 0.05) is 41.7 Å². The lowest BCUT2D eigenvalue weighted by Crippen LogP contribution is -2.20. The van der Waals surface area contributed by atoms with Gasteiger partial charge in [0.1, 0.15) is 18.0 Å². The summed E-state index contributed by atoms with van der Waals surface area (Å²) in [5, 5.41) is 6.03. The van der Waals surface area contributed by atoms with Crippen molar-refractivity contribution in [1.29, 1.82) is 0 Å². The minimum absolute atomic E-state index is 0.0675. The highest BCUT2D eigenvalue weighted by Gasteiger charge is 2.22. The number of rotatable bonds is 6. The minimum atomic E-state index is -3.28. The fourth-order valence-electron chi connectivity index (χ4n) is 4.36. The van der Waals surface area contributed by atoms with Crippen LogP contribution < -0.4 is 25.8 Å². The number of nitrogens with one attached hydrogen (secondary N) is 2. The molecule has 1 atom stereocenters. The zero-order chi connectivity index (χ0) is 27.2. The number of pyridine rings is 1. The second-order valence-corrected chi connectivity index (χ2v) is 11.5. The lowest BCUT2D eigenvalue weighted by atomic mass is 9.98. The number of fused-ring (bicyclic) bond motifs is 2. The zero-order valence-electron chi connectivity index (χ0n) is 21.3. The van der Waals surface area contributed by atoms with E-state index in [1.165, 1.54) is 19.6 Å². The minimum Gasteiger partial charge on any atom is -0.495 e. The van der Waals surface area contributed by atoms with Crippen LogP contribution in [-0.2, 0) is 9.84 Å². The van der Waals surface area contributed by atoms with E-state index in [1.54, 1.807) is 37.4 Å². The van der Waals surface area contributed by atoms with Crippen LogP contribution in [0.5, 0.6) is 11.6 Å². The Labute approximate surface area is 219 Å². The van der Waals surface area contributed by atoms with Crippen molar-refractivity contribution < 1.29 is 22.3 Å². The van der Waals surface area contributed by atoms with Gasteiger partial charge in [-0.15, -0.1) is 0 Å². The third-order valence-corrected chi connectivity index (χ3v) is 8.24. The van der Waals surface area contributed by atoms with Crippen molar-refractivity contribution in [2.45, 2.75) is 19.1 Å².